The van der Waals surface area contributed by atoms with Gasteiger partial charge in [0.2, 0.25) is 0 Å². The van der Waals surface area contributed by atoms with E-state index in [1.165, 1.54) is 6.42 Å². The maximum Gasteiger partial charge on any atom is 0.0888 e. The van der Waals surface area contributed by atoms with Crippen LogP contribution in [0.25, 0.3) is 0 Å². The van der Waals surface area contributed by atoms with E-state index in [1.54, 1.807) is 13.3 Å². The van der Waals surface area contributed by atoms with E-state index in [9.17, 15) is 0 Å². The first-order valence-corrected chi connectivity index (χ1v) is 7.45. The van der Waals surface area contributed by atoms with Gasteiger partial charge in [-0.05, 0) is 39.7 Å². The summed E-state index contributed by atoms with van der Waals surface area (Å²) >= 11 is 6.38. The molecule has 0 aromatic carbocycles. The maximum absolute atomic E-state index is 6.38. The van der Waals surface area contributed by atoms with Crippen molar-refractivity contribution < 1.29 is 4.74 Å². The first-order valence-electron chi connectivity index (χ1n) is 7.07. The largest absolute Gasteiger partial charge is 0.376 e. The summed E-state index contributed by atoms with van der Waals surface area (Å²) < 4.78 is 7.85. The molecule has 0 aliphatic heterocycles. The van der Waals surface area contributed by atoms with Crippen molar-refractivity contribution in [3.05, 3.63) is 16.9 Å². The molecular formula is C14H24ClN3O. The van der Waals surface area contributed by atoms with Crippen LogP contribution in [-0.4, -0.2) is 29.0 Å². The number of nitrogens with one attached hydrogen (secondary N) is 1. The number of likely N-dealkylation sites (N-methyl/N-ethyl adjacent to an activating group) is 1. The van der Waals surface area contributed by atoms with Crippen molar-refractivity contribution >= 4 is 11.6 Å². The molecule has 1 aromatic rings. The maximum atomic E-state index is 6.38. The number of halogens is 1. The van der Waals surface area contributed by atoms with Crippen molar-refractivity contribution in [3.8, 4) is 0 Å². The lowest BCUT2D eigenvalue weighted by Gasteiger charge is -2.47. The Kier molecular flexibility index (Phi) is 4.54. The van der Waals surface area contributed by atoms with E-state index in [4.69, 9.17) is 16.3 Å². The monoisotopic (exact) mass is 285 g/mol. The van der Waals surface area contributed by atoms with Crippen LogP contribution < -0.4 is 5.32 Å². The molecule has 1 N–H and O–H groups in total. The summed E-state index contributed by atoms with van der Waals surface area (Å²) in [6, 6.07) is 0.395. The zero-order valence-electron chi connectivity index (χ0n) is 12.2. The second-order valence-electron chi connectivity index (χ2n) is 5.53. The van der Waals surface area contributed by atoms with E-state index in [1.807, 2.05) is 4.68 Å². The van der Waals surface area contributed by atoms with Crippen LogP contribution in [0, 0.1) is 0 Å². The number of nitrogens with zero attached hydrogens (tertiary/aromatic N) is 2. The minimum atomic E-state index is -0.133. The highest BCUT2D eigenvalue weighted by Crippen LogP contribution is 2.46. The molecule has 0 radical (unpaired) electrons. The van der Waals surface area contributed by atoms with Gasteiger partial charge in [0.1, 0.15) is 0 Å². The zero-order valence-corrected chi connectivity index (χ0v) is 13.0. The summed E-state index contributed by atoms with van der Waals surface area (Å²) in [5.74, 6) is 0. The number of hydrogen-bond acceptors (Lipinski definition) is 3. The van der Waals surface area contributed by atoms with Crippen LogP contribution in [0.4, 0.5) is 0 Å². The van der Waals surface area contributed by atoms with Crippen LogP contribution in [0.15, 0.2) is 6.20 Å². The molecule has 108 valence electrons. The Hall–Kier alpha value is -0.580. The lowest BCUT2D eigenvalue weighted by molar-refractivity contribution is -0.101. The normalized spacial score (nSPS) is 19.5. The molecule has 1 aliphatic carbocycles. The lowest BCUT2D eigenvalue weighted by atomic mass is 9.73. The standard InChI is InChI=1S/C14H24ClN3O/c1-5-16-13(14(19-4)7-6-8-14)12-11(15)9-17-18(12)10(2)3/h9-10,13,16H,5-8H2,1-4H3. The first-order chi connectivity index (χ1) is 9.05. The van der Waals surface area contributed by atoms with Crippen molar-refractivity contribution in [3.63, 3.8) is 0 Å². The molecule has 1 saturated carbocycles. The number of rotatable bonds is 6. The van der Waals surface area contributed by atoms with Crippen LogP contribution in [0.2, 0.25) is 5.02 Å². The first kappa shape index (κ1) is 14.8. The molecule has 1 unspecified atom stereocenters. The van der Waals surface area contributed by atoms with Gasteiger partial charge >= 0.3 is 0 Å². The van der Waals surface area contributed by atoms with Crippen LogP contribution in [0.3, 0.4) is 0 Å². The predicted octanol–water partition coefficient (Wildman–Crippen LogP) is 3.34. The summed E-state index contributed by atoms with van der Waals surface area (Å²) in [5, 5.41) is 8.68. The van der Waals surface area contributed by atoms with Gasteiger partial charge in [-0.2, -0.15) is 5.10 Å². The van der Waals surface area contributed by atoms with E-state index < -0.39 is 0 Å². The van der Waals surface area contributed by atoms with Crippen molar-refractivity contribution in [1.82, 2.24) is 15.1 Å². The number of methoxy groups -OCH3 is 1. The van der Waals surface area contributed by atoms with Crippen molar-refractivity contribution in [2.75, 3.05) is 13.7 Å². The fraction of sp³-hybridized carbons (Fsp3) is 0.786. The summed E-state index contributed by atoms with van der Waals surface area (Å²) in [6.45, 7) is 7.24. The van der Waals surface area contributed by atoms with Crippen LogP contribution in [0.1, 0.15) is 57.8 Å². The minimum absolute atomic E-state index is 0.105. The molecule has 5 heteroatoms. The highest BCUT2D eigenvalue weighted by molar-refractivity contribution is 6.31. The zero-order chi connectivity index (χ0) is 14.0. The topological polar surface area (TPSA) is 39.1 Å². The Morgan fingerprint density at radius 3 is 2.63 bits per heavy atom. The van der Waals surface area contributed by atoms with Crippen LogP contribution in [0.5, 0.6) is 0 Å². The molecular weight excluding hydrogens is 262 g/mol. The quantitative estimate of drug-likeness (QED) is 0.871. The predicted molar refractivity (Wildman–Crippen MR) is 77.6 cm³/mol. The molecule has 1 fully saturated rings. The SMILES string of the molecule is CCNC(c1c(Cl)cnn1C(C)C)C1(OC)CCC1. The average Bonchev–Trinajstić information content (AvgIpc) is 2.69. The summed E-state index contributed by atoms with van der Waals surface area (Å²) in [6.07, 6.45) is 5.09. The van der Waals surface area contributed by atoms with E-state index in [0.29, 0.717) is 0 Å². The van der Waals surface area contributed by atoms with E-state index in [2.05, 4.69) is 31.2 Å². The summed E-state index contributed by atoms with van der Waals surface area (Å²) in [4.78, 5) is 0. The van der Waals surface area contributed by atoms with Crippen molar-refractivity contribution in [1.29, 1.82) is 0 Å². The second kappa shape index (κ2) is 5.81. The fourth-order valence-electron chi connectivity index (χ4n) is 2.90. The Balaban J connectivity index is 2.41. The van der Waals surface area contributed by atoms with Gasteiger partial charge in [-0.1, -0.05) is 18.5 Å². The van der Waals surface area contributed by atoms with E-state index in [-0.39, 0.29) is 17.7 Å². The molecule has 4 nitrogen and oxygen atoms in total. The van der Waals surface area contributed by atoms with Gasteiger partial charge in [-0.25, -0.2) is 0 Å². The third-order valence-corrected chi connectivity index (χ3v) is 4.38. The van der Waals surface area contributed by atoms with Gasteiger partial charge < -0.3 is 10.1 Å². The van der Waals surface area contributed by atoms with Gasteiger partial charge in [0.25, 0.3) is 0 Å². The van der Waals surface area contributed by atoms with Crippen LogP contribution >= 0.6 is 11.6 Å². The Morgan fingerprint density at radius 2 is 2.21 bits per heavy atom. The summed E-state index contributed by atoms with van der Waals surface area (Å²) in [7, 11) is 1.80. The van der Waals surface area contributed by atoms with Crippen LogP contribution in [-0.2, 0) is 4.74 Å². The number of aromatic nitrogens is 2. The molecule has 1 aromatic heterocycles. The molecule has 0 bridgehead atoms. The summed E-state index contributed by atoms with van der Waals surface area (Å²) in [5.41, 5.74) is 0.923. The van der Waals surface area contributed by atoms with Gasteiger partial charge in [0.05, 0.1) is 28.6 Å². The highest BCUT2D eigenvalue weighted by Gasteiger charge is 2.47. The molecule has 0 amide bonds. The molecule has 1 aliphatic rings. The Labute approximate surface area is 120 Å². The molecule has 19 heavy (non-hydrogen) atoms. The van der Waals surface area contributed by atoms with E-state index in [0.717, 1.165) is 30.1 Å². The van der Waals surface area contributed by atoms with Crippen molar-refractivity contribution in [2.45, 2.75) is 57.7 Å². The molecule has 0 spiro atoms. The Morgan fingerprint density at radius 1 is 1.53 bits per heavy atom. The van der Waals surface area contributed by atoms with Gasteiger partial charge in [-0.15, -0.1) is 0 Å². The molecule has 1 atom stereocenters. The number of hydrogen-bond donors (Lipinski definition) is 1. The molecule has 2 rings (SSSR count). The van der Waals surface area contributed by atoms with Gasteiger partial charge in [0, 0.05) is 13.2 Å². The minimum Gasteiger partial charge on any atom is -0.376 e. The highest BCUT2D eigenvalue weighted by atomic mass is 35.5. The molecule has 1 heterocycles. The lowest BCUT2D eigenvalue weighted by Crippen LogP contribution is -2.51. The van der Waals surface area contributed by atoms with Gasteiger partial charge in [-0.3, -0.25) is 4.68 Å². The second-order valence-corrected chi connectivity index (χ2v) is 5.94. The smallest absolute Gasteiger partial charge is 0.0888 e. The fourth-order valence-corrected chi connectivity index (χ4v) is 3.14. The third-order valence-electron chi connectivity index (χ3n) is 4.09. The third kappa shape index (κ3) is 2.54. The average molecular weight is 286 g/mol. The number of ether oxygens (including phenoxy) is 1. The van der Waals surface area contributed by atoms with E-state index >= 15 is 0 Å². The Bertz CT molecular complexity index is 421. The molecule has 0 saturated heterocycles. The van der Waals surface area contributed by atoms with Crippen molar-refractivity contribution in [2.24, 2.45) is 0 Å². The van der Waals surface area contributed by atoms with Gasteiger partial charge in [0.15, 0.2) is 0 Å².